The summed E-state index contributed by atoms with van der Waals surface area (Å²) in [5.74, 6) is -0.115. The lowest BCUT2D eigenvalue weighted by Gasteiger charge is -2.39. The Morgan fingerprint density at radius 3 is 2.33 bits per heavy atom. The third-order valence-corrected chi connectivity index (χ3v) is 3.94. The molecule has 2 aliphatic heterocycles. The summed E-state index contributed by atoms with van der Waals surface area (Å²) in [6.45, 7) is 3.68. The molecule has 2 heterocycles. The van der Waals surface area contributed by atoms with Gasteiger partial charge in [0.15, 0.2) is 0 Å². The molecule has 0 saturated carbocycles. The lowest BCUT2D eigenvalue weighted by molar-refractivity contribution is -0.136. The van der Waals surface area contributed by atoms with Crippen LogP contribution in [0.15, 0.2) is 0 Å². The van der Waals surface area contributed by atoms with E-state index in [1.54, 1.807) is 4.90 Å². The Bertz CT molecular complexity index is 247. The zero-order valence-electron chi connectivity index (χ0n) is 9.41. The maximum absolute atomic E-state index is 11.3. The van der Waals surface area contributed by atoms with Crippen molar-refractivity contribution in [1.29, 1.82) is 0 Å². The van der Waals surface area contributed by atoms with Gasteiger partial charge in [-0.2, -0.15) is 0 Å². The topological polar surface area (TPSA) is 43.8 Å². The van der Waals surface area contributed by atoms with E-state index in [1.807, 2.05) is 0 Å². The van der Waals surface area contributed by atoms with Crippen LogP contribution in [0.4, 0.5) is 0 Å². The molecule has 15 heavy (non-hydrogen) atoms. The van der Waals surface area contributed by atoms with Crippen LogP contribution in [0, 0.1) is 5.41 Å². The number of rotatable bonds is 1. The van der Waals surface area contributed by atoms with Gasteiger partial charge in [-0.1, -0.05) is 0 Å². The van der Waals surface area contributed by atoms with E-state index in [9.17, 15) is 4.79 Å². The largest absolute Gasteiger partial charge is 0.387 e. The number of amides is 1. The molecular weight excluding hydrogens is 192 g/mol. The Kier molecular flexibility index (Phi) is 2.98. The smallest absolute Gasteiger partial charge is 0.248 e. The summed E-state index contributed by atoms with van der Waals surface area (Å²) in [6.07, 6.45) is 3.47. The van der Waals surface area contributed by atoms with Crippen molar-refractivity contribution in [2.75, 3.05) is 39.8 Å². The highest BCUT2D eigenvalue weighted by Gasteiger charge is 2.39. The minimum atomic E-state index is -0.340. The summed E-state index contributed by atoms with van der Waals surface area (Å²) in [5.41, 5.74) is 0.459. The third kappa shape index (κ3) is 2.16. The number of nitrogens with zero attached hydrogens (tertiary/aromatic N) is 2. The molecule has 1 N–H and O–H groups in total. The second-order valence-corrected chi connectivity index (χ2v) is 5.03. The van der Waals surface area contributed by atoms with Crippen molar-refractivity contribution < 1.29 is 9.90 Å². The number of hydrogen-bond acceptors (Lipinski definition) is 3. The zero-order valence-corrected chi connectivity index (χ0v) is 9.41. The molecule has 0 aromatic carbocycles. The fourth-order valence-electron chi connectivity index (χ4n) is 2.90. The van der Waals surface area contributed by atoms with E-state index >= 15 is 0 Å². The van der Waals surface area contributed by atoms with Crippen molar-refractivity contribution in [3.63, 3.8) is 0 Å². The maximum atomic E-state index is 11.3. The molecule has 0 aliphatic carbocycles. The highest BCUT2D eigenvalue weighted by molar-refractivity contribution is 5.77. The van der Waals surface area contributed by atoms with E-state index in [1.165, 1.54) is 19.5 Å². The highest BCUT2D eigenvalue weighted by atomic mass is 16.3. The van der Waals surface area contributed by atoms with Crippen LogP contribution >= 0.6 is 0 Å². The number of hydrogen-bond donors (Lipinski definition) is 1. The van der Waals surface area contributed by atoms with Gasteiger partial charge >= 0.3 is 0 Å². The summed E-state index contributed by atoms with van der Waals surface area (Å²) < 4.78 is 0. The minimum absolute atomic E-state index is 0.115. The standard InChI is InChI=1S/C11H20N2O2/c1-12-5-2-11(9-12)3-6-13(7-4-11)10(15)8-14/h14H,2-9H2,1H3. The first-order valence-electron chi connectivity index (χ1n) is 5.72. The Morgan fingerprint density at radius 2 is 1.87 bits per heavy atom. The number of likely N-dealkylation sites (tertiary alicyclic amines) is 2. The molecular formula is C11H20N2O2. The SMILES string of the molecule is CN1CCC2(CCN(C(=O)CO)CC2)C1. The summed E-state index contributed by atoms with van der Waals surface area (Å²) in [5, 5.41) is 8.79. The number of carbonyl (C=O) groups excluding carboxylic acids is 1. The summed E-state index contributed by atoms with van der Waals surface area (Å²) in [6, 6.07) is 0. The highest BCUT2D eigenvalue weighted by Crippen LogP contribution is 2.39. The van der Waals surface area contributed by atoms with Crippen LogP contribution in [0.25, 0.3) is 0 Å². The van der Waals surface area contributed by atoms with Crippen LogP contribution in [0.3, 0.4) is 0 Å². The molecule has 0 bridgehead atoms. The van der Waals surface area contributed by atoms with E-state index in [4.69, 9.17) is 5.11 Å². The first-order valence-corrected chi connectivity index (χ1v) is 5.72. The molecule has 2 saturated heterocycles. The van der Waals surface area contributed by atoms with E-state index < -0.39 is 0 Å². The quantitative estimate of drug-likeness (QED) is 0.661. The van der Waals surface area contributed by atoms with Gasteiger partial charge in [0.05, 0.1) is 0 Å². The summed E-state index contributed by atoms with van der Waals surface area (Å²) in [7, 11) is 2.17. The molecule has 0 unspecified atom stereocenters. The number of aliphatic hydroxyl groups excluding tert-OH is 1. The predicted octanol–water partition coefficient (Wildman–Crippen LogP) is -0.0770. The van der Waals surface area contributed by atoms with Gasteiger partial charge in [-0.3, -0.25) is 4.79 Å². The average molecular weight is 212 g/mol. The lowest BCUT2D eigenvalue weighted by Crippen LogP contribution is -2.45. The third-order valence-electron chi connectivity index (χ3n) is 3.94. The molecule has 0 radical (unpaired) electrons. The van der Waals surface area contributed by atoms with Crippen molar-refractivity contribution in [3.05, 3.63) is 0 Å². The van der Waals surface area contributed by atoms with Crippen LogP contribution in [0.2, 0.25) is 0 Å². The molecule has 0 atom stereocenters. The van der Waals surface area contributed by atoms with Gasteiger partial charge in [-0.25, -0.2) is 0 Å². The van der Waals surface area contributed by atoms with Crippen molar-refractivity contribution in [2.24, 2.45) is 5.41 Å². The normalized spacial score (nSPS) is 26.1. The van der Waals surface area contributed by atoms with E-state index in [-0.39, 0.29) is 12.5 Å². The first-order chi connectivity index (χ1) is 7.15. The number of aliphatic hydroxyl groups is 1. The molecule has 2 fully saturated rings. The molecule has 0 aromatic rings. The van der Waals surface area contributed by atoms with Gasteiger partial charge in [0.2, 0.25) is 5.91 Å². The Hall–Kier alpha value is -0.610. The van der Waals surface area contributed by atoms with Crippen molar-refractivity contribution in [3.8, 4) is 0 Å². The van der Waals surface area contributed by atoms with Crippen molar-refractivity contribution in [2.45, 2.75) is 19.3 Å². The van der Waals surface area contributed by atoms with Gasteiger partial charge in [-0.15, -0.1) is 0 Å². The predicted molar refractivity (Wildman–Crippen MR) is 57.4 cm³/mol. The molecule has 86 valence electrons. The second-order valence-electron chi connectivity index (χ2n) is 5.03. The van der Waals surface area contributed by atoms with E-state index in [0.29, 0.717) is 5.41 Å². The number of piperidine rings is 1. The van der Waals surface area contributed by atoms with Crippen LogP contribution < -0.4 is 0 Å². The molecule has 4 nitrogen and oxygen atoms in total. The van der Waals surface area contributed by atoms with Crippen LogP contribution in [0.1, 0.15) is 19.3 Å². The molecule has 1 amide bonds. The fourth-order valence-corrected chi connectivity index (χ4v) is 2.90. The Balaban J connectivity index is 1.89. The van der Waals surface area contributed by atoms with Gasteiger partial charge in [0.25, 0.3) is 0 Å². The van der Waals surface area contributed by atoms with Gasteiger partial charge in [0, 0.05) is 19.6 Å². The van der Waals surface area contributed by atoms with Crippen molar-refractivity contribution >= 4 is 5.91 Å². The van der Waals surface area contributed by atoms with E-state index in [2.05, 4.69) is 11.9 Å². The first kappa shape index (κ1) is 10.9. The molecule has 2 rings (SSSR count). The Morgan fingerprint density at radius 1 is 1.27 bits per heavy atom. The average Bonchev–Trinajstić information content (AvgIpc) is 2.60. The fraction of sp³-hybridized carbons (Fsp3) is 0.909. The van der Waals surface area contributed by atoms with Crippen LogP contribution in [-0.2, 0) is 4.79 Å². The maximum Gasteiger partial charge on any atom is 0.248 e. The van der Waals surface area contributed by atoms with E-state index in [0.717, 1.165) is 25.9 Å². The summed E-state index contributed by atoms with van der Waals surface area (Å²) >= 11 is 0. The van der Waals surface area contributed by atoms with Gasteiger partial charge in [-0.05, 0) is 38.3 Å². The minimum Gasteiger partial charge on any atom is -0.387 e. The monoisotopic (exact) mass is 212 g/mol. The second kappa shape index (κ2) is 4.10. The summed E-state index contributed by atoms with van der Waals surface area (Å²) in [4.78, 5) is 15.5. The van der Waals surface area contributed by atoms with Crippen LogP contribution in [0.5, 0.6) is 0 Å². The van der Waals surface area contributed by atoms with Crippen LogP contribution in [-0.4, -0.2) is 60.6 Å². The van der Waals surface area contributed by atoms with Gasteiger partial charge in [0.1, 0.15) is 6.61 Å². The molecule has 4 heteroatoms. The Labute approximate surface area is 90.9 Å². The molecule has 1 spiro atoms. The number of carbonyl (C=O) groups is 1. The van der Waals surface area contributed by atoms with Crippen molar-refractivity contribution in [1.82, 2.24) is 9.80 Å². The lowest BCUT2D eigenvalue weighted by atomic mass is 9.78. The molecule has 0 aromatic heterocycles. The molecule has 2 aliphatic rings. The zero-order chi connectivity index (χ0) is 10.9. The van der Waals surface area contributed by atoms with Gasteiger partial charge < -0.3 is 14.9 Å².